The molecule has 0 amide bonds. The average Bonchev–Trinajstić information content (AvgIpc) is 2.42. The van der Waals surface area contributed by atoms with Crippen molar-refractivity contribution < 1.29 is 0 Å². The first kappa shape index (κ1) is 13.2. The molecule has 17 heavy (non-hydrogen) atoms. The van der Waals surface area contributed by atoms with Crippen LogP contribution in [0, 0.1) is 28.6 Å². The number of hydrogen-bond acceptors (Lipinski definition) is 1. The predicted molar refractivity (Wildman–Crippen MR) is 73.6 cm³/mol. The van der Waals surface area contributed by atoms with Crippen molar-refractivity contribution in [2.45, 2.75) is 57.8 Å². The normalized spacial score (nSPS) is 42.9. The summed E-state index contributed by atoms with van der Waals surface area (Å²) in [6.07, 6.45) is 12.4. The molecule has 4 aliphatic rings. The molecule has 0 aliphatic heterocycles. The van der Waals surface area contributed by atoms with Crippen molar-refractivity contribution in [1.29, 1.82) is 5.41 Å². The third-order valence-electron chi connectivity index (χ3n) is 5.41. The van der Waals surface area contributed by atoms with Gasteiger partial charge in [-0.2, -0.15) is 0 Å². The summed E-state index contributed by atoms with van der Waals surface area (Å²) in [5.74, 6) is 3.44. The minimum atomic E-state index is 0. The van der Waals surface area contributed by atoms with E-state index in [9.17, 15) is 0 Å². The van der Waals surface area contributed by atoms with Gasteiger partial charge in [-0.1, -0.05) is 12.8 Å². The Balaban J connectivity index is 0.00000108. The van der Waals surface area contributed by atoms with Crippen LogP contribution in [0.25, 0.3) is 0 Å². The Hall–Kier alpha value is -0.240. The largest absolute Gasteiger partial charge is 0.388 e. The maximum absolute atomic E-state index is 7.44. The van der Waals surface area contributed by atoms with Crippen molar-refractivity contribution in [3.05, 3.63) is 0 Å². The number of hydrogen-bond donors (Lipinski definition) is 2. The number of nitrogens with two attached hydrogens (primary N) is 1. The van der Waals surface area contributed by atoms with Crippen LogP contribution in [-0.4, -0.2) is 5.84 Å². The van der Waals surface area contributed by atoms with Gasteiger partial charge in [-0.05, 0) is 61.7 Å². The van der Waals surface area contributed by atoms with Crippen LogP contribution in [-0.2, 0) is 0 Å². The smallest absolute Gasteiger partial charge is 0.0905 e. The molecule has 98 valence electrons. The minimum Gasteiger partial charge on any atom is -0.388 e. The highest BCUT2D eigenvalue weighted by atomic mass is 35.5. The van der Waals surface area contributed by atoms with Gasteiger partial charge in [-0.25, -0.2) is 0 Å². The second kappa shape index (κ2) is 4.79. The summed E-state index contributed by atoms with van der Waals surface area (Å²) in [6, 6.07) is 0. The minimum absolute atomic E-state index is 0. The number of halogens is 1. The fourth-order valence-electron chi connectivity index (χ4n) is 5.08. The molecule has 3 N–H and O–H groups in total. The summed E-state index contributed by atoms with van der Waals surface area (Å²) in [6.45, 7) is 0. The van der Waals surface area contributed by atoms with Gasteiger partial charge in [0.2, 0.25) is 0 Å². The van der Waals surface area contributed by atoms with Gasteiger partial charge in [0.05, 0.1) is 5.84 Å². The molecule has 4 rings (SSSR count). The van der Waals surface area contributed by atoms with Crippen molar-refractivity contribution >= 4 is 18.2 Å². The lowest BCUT2D eigenvalue weighted by molar-refractivity contribution is 0.0291. The summed E-state index contributed by atoms with van der Waals surface area (Å²) >= 11 is 0. The lowest BCUT2D eigenvalue weighted by Crippen LogP contribution is -2.38. The molecule has 4 aliphatic carbocycles. The van der Waals surface area contributed by atoms with Crippen LogP contribution in [0.5, 0.6) is 0 Å². The van der Waals surface area contributed by atoms with E-state index in [1.807, 2.05) is 0 Å². The van der Waals surface area contributed by atoms with Crippen LogP contribution in [0.3, 0.4) is 0 Å². The molecule has 0 aromatic heterocycles. The highest BCUT2D eigenvalue weighted by Gasteiger charge is 2.47. The van der Waals surface area contributed by atoms with Gasteiger partial charge in [-0.3, -0.25) is 5.41 Å². The van der Waals surface area contributed by atoms with Gasteiger partial charge in [-0.15, -0.1) is 12.4 Å². The van der Waals surface area contributed by atoms with Gasteiger partial charge in [0.1, 0.15) is 0 Å². The van der Waals surface area contributed by atoms with Crippen molar-refractivity contribution in [2.24, 2.45) is 28.9 Å². The highest BCUT2D eigenvalue weighted by molar-refractivity contribution is 5.85. The molecule has 0 aromatic carbocycles. The monoisotopic (exact) mass is 256 g/mol. The van der Waals surface area contributed by atoms with Gasteiger partial charge >= 0.3 is 0 Å². The van der Waals surface area contributed by atoms with Crippen LogP contribution in [0.2, 0.25) is 0 Å². The molecule has 0 radical (unpaired) electrons. The third kappa shape index (κ3) is 2.62. The van der Waals surface area contributed by atoms with E-state index in [4.69, 9.17) is 11.1 Å². The zero-order valence-corrected chi connectivity index (χ0v) is 11.4. The van der Waals surface area contributed by atoms with Crippen LogP contribution >= 0.6 is 12.4 Å². The van der Waals surface area contributed by atoms with E-state index < -0.39 is 0 Å². The first-order valence-electron chi connectivity index (χ1n) is 6.98. The number of amidine groups is 1. The van der Waals surface area contributed by atoms with Gasteiger partial charge in [0.25, 0.3) is 0 Å². The molecular weight excluding hydrogens is 232 g/mol. The third-order valence-corrected chi connectivity index (χ3v) is 5.41. The van der Waals surface area contributed by atoms with E-state index >= 15 is 0 Å². The Kier molecular flexibility index (Phi) is 3.72. The van der Waals surface area contributed by atoms with E-state index in [-0.39, 0.29) is 12.4 Å². The Morgan fingerprint density at radius 3 is 2.12 bits per heavy atom. The lowest BCUT2D eigenvalue weighted by Gasteiger charge is -2.48. The molecule has 2 nitrogen and oxygen atoms in total. The number of fused-ring (bicyclic) bond motifs is 1. The Morgan fingerprint density at radius 1 is 1.06 bits per heavy atom. The van der Waals surface area contributed by atoms with Crippen molar-refractivity contribution in [1.82, 2.24) is 0 Å². The molecule has 4 bridgehead atoms. The summed E-state index contributed by atoms with van der Waals surface area (Å²) in [5.41, 5.74) is 6.14. The molecular formula is C14H25ClN2. The van der Waals surface area contributed by atoms with E-state index in [1.54, 1.807) is 0 Å². The molecule has 2 unspecified atom stereocenters. The van der Waals surface area contributed by atoms with E-state index in [0.717, 1.165) is 24.2 Å². The van der Waals surface area contributed by atoms with Gasteiger partial charge in [0.15, 0.2) is 0 Å². The molecule has 0 saturated heterocycles. The zero-order chi connectivity index (χ0) is 11.2. The maximum Gasteiger partial charge on any atom is 0.0905 e. The van der Waals surface area contributed by atoms with Crippen LogP contribution in [0.1, 0.15) is 57.8 Å². The molecule has 0 heterocycles. The zero-order valence-electron chi connectivity index (χ0n) is 10.6. The second-order valence-electron chi connectivity index (χ2n) is 6.78. The lowest BCUT2D eigenvalue weighted by atomic mass is 9.57. The number of rotatable bonds is 3. The van der Waals surface area contributed by atoms with Crippen molar-refractivity contribution in [2.75, 3.05) is 0 Å². The van der Waals surface area contributed by atoms with Crippen molar-refractivity contribution in [3.63, 3.8) is 0 Å². The van der Waals surface area contributed by atoms with Gasteiger partial charge in [0, 0.05) is 6.42 Å². The van der Waals surface area contributed by atoms with Gasteiger partial charge < -0.3 is 5.73 Å². The van der Waals surface area contributed by atoms with Crippen molar-refractivity contribution in [3.8, 4) is 0 Å². The number of nitrogens with one attached hydrogen (secondary N) is 1. The second-order valence-corrected chi connectivity index (χ2v) is 6.78. The standard InChI is InChI=1S/C14H24N2.ClH/c15-13(16)3-4-14-7-10-1-2-11(8-14)6-12(5-10)9-14;/h10-12H,1-9H2,(H3,15,16);1H. The Bertz CT molecular complexity index is 287. The predicted octanol–water partition coefficient (Wildman–Crippen LogP) is 3.73. The molecule has 4 saturated carbocycles. The first-order chi connectivity index (χ1) is 7.65. The fraction of sp³-hybridized carbons (Fsp3) is 0.929. The quantitative estimate of drug-likeness (QED) is 0.587. The Labute approximate surface area is 111 Å². The molecule has 3 heteroatoms. The summed E-state index contributed by atoms with van der Waals surface area (Å²) in [5, 5.41) is 7.44. The van der Waals surface area contributed by atoms with Crippen LogP contribution in [0.15, 0.2) is 0 Å². The Morgan fingerprint density at radius 2 is 1.59 bits per heavy atom. The molecule has 4 fully saturated rings. The summed E-state index contributed by atoms with van der Waals surface area (Å²) in [4.78, 5) is 0. The topological polar surface area (TPSA) is 49.9 Å². The first-order valence-corrected chi connectivity index (χ1v) is 6.98. The van der Waals surface area contributed by atoms with E-state index in [2.05, 4.69) is 0 Å². The highest BCUT2D eigenvalue weighted by Crippen LogP contribution is 2.59. The summed E-state index contributed by atoms with van der Waals surface area (Å²) < 4.78 is 0. The summed E-state index contributed by atoms with van der Waals surface area (Å²) in [7, 11) is 0. The molecule has 2 atom stereocenters. The van der Waals surface area contributed by atoms with Crippen LogP contribution in [0.4, 0.5) is 0 Å². The molecule has 0 spiro atoms. The SMILES string of the molecule is Cl.N=C(N)CCC12CC3CCC(CC(C3)C1)C2. The molecule has 0 aromatic rings. The van der Waals surface area contributed by atoms with E-state index in [0.29, 0.717) is 11.3 Å². The fourth-order valence-corrected chi connectivity index (χ4v) is 5.08. The average molecular weight is 257 g/mol. The van der Waals surface area contributed by atoms with Crippen LogP contribution < -0.4 is 5.73 Å². The van der Waals surface area contributed by atoms with E-state index in [1.165, 1.54) is 51.4 Å². The maximum atomic E-state index is 7.44.